The summed E-state index contributed by atoms with van der Waals surface area (Å²) in [6.07, 6.45) is 3.46. The minimum Gasteiger partial charge on any atom is -0.390 e. The molecule has 0 bridgehead atoms. The zero-order valence-corrected chi connectivity index (χ0v) is 18.3. The van der Waals surface area contributed by atoms with Crippen molar-refractivity contribution in [2.75, 3.05) is 7.05 Å². The Kier molecular flexibility index (Phi) is 5.93. The highest BCUT2D eigenvalue weighted by Gasteiger charge is 2.23. The Morgan fingerprint density at radius 1 is 1.29 bits per heavy atom. The first-order valence-corrected chi connectivity index (χ1v) is 10.5. The van der Waals surface area contributed by atoms with Crippen LogP contribution in [0.4, 0.5) is 0 Å². The average Bonchev–Trinajstić information content (AvgIpc) is 3.19. The minimum atomic E-state index is 0.483. The van der Waals surface area contributed by atoms with Crippen molar-refractivity contribution in [2.45, 2.75) is 53.4 Å². The molecule has 7 heteroatoms. The summed E-state index contributed by atoms with van der Waals surface area (Å²) < 4.78 is 2.02. The SMILES string of the molecule is CCC(CC)c1cc(C)nn2c(-c3scc(C(N=CN)=NC)c3C)c(C)nc12. The van der Waals surface area contributed by atoms with E-state index < -0.39 is 0 Å². The van der Waals surface area contributed by atoms with E-state index in [4.69, 9.17) is 15.8 Å². The Labute approximate surface area is 170 Å². The van der Waals surface area contributed by atoms with Crippen LogP contribution >= 0.6 is 11.3 Å². The number of hydrogen-bond acceptors (Lipinski definition) is 4. The monoisotopic (exact) mass is 396 g/mol. The molecule has 28 heavy (non-hydrogen) atoms. The molecule has 0 aliphatic carbocycles. The fraction of sp³-hybridized carbons (Fsp3) is 0.429. The van der Waals surface area contributed by atoms with Crippen molar-refractivity contribution in [3.63, 3.8) is 0 Å². The van der Waals surface area contributed by atoms with E-state index in [1.54, 1.807) is 18.4 Å². The standard InChI is InChI=1S/C21H28N6S/c1-7-15(8-2)16-9-12(3)26-27-18(14(5)25-21(16)27)19-13(4)17(10-28-19)20(23-6)24-11-22/h9-11,15H,7-8H2,1-6H3,(H2,22,23,24). The smallest absolute Gasteiger partial charge is 0.158 e. The van der Waals surface area contributed by atoms with E-state index in [-0.39, 0.29) is 0 Å². The number of thiophene rings is 1. The molecule has 3 heterocycles. The first-order chi connectivity index (χ1) is 13.5. The molecule has 0 saturated heterocycles. The number of fused-ring (bicyclic) bond motifs is 1. The lowest BCUT2D eigenvalue weighted by Gasteiger charge is -2.14. The summed E-state index contributed by atoms with van der Waals surface area (Å²) in [7, 11) is 1.73. The molecular formula is C21H28N6S. The van der Waals surface area contributed by atoms with Gasteiger partial charge in [-0.2, -0.15) is 5.10 Å². The van der Waals surface area contributed by atoms with Gasteiger partial charge in [-0.15, -0.1) is 11.3 Å². The quantitative estimate of drug-likeness (QED) is 0.503. The average molecular weight is 397 g/mol. The number of nitrogens with zero attached hydrogens (tertiary/aromatic N) is 5. The van der Waals surface area contributed by atoms with E-state index >= 15 is 0 Å². The second-order valence-electron chi connectivity index (χ2n) is 6.96. The first-order valence-electron chi connectivity index (χ1n) is 9.63. The largest absolute Gasteiger partial charge is 0.390 e. The highest BCUT2D eigenvalue weighted by molar-refractivity contribution is 7.14. The van der Waals surface area contributed by atoms with Gasteiger partial charge < -0.3 is 5.73 Å². The molecule has 0 saturated carbocycles. The topological polar surface area (TPSA) is 80.9 Å². The molecule has 3 rings (SSSR count). The fourth-order valence-electron chi connectivity index (χ4n) is 3.76. The lowest BCUT2D eigenvalue weighted by molar-refractivity contribution is 0.638. The summed E-state index contributed by atoms with van der Waals surface area (Å²) >= 11 is 1.67. The molecule has 0 fully saturated rings. The van der Waals surface area contributed by atoms with Crippen LogP contribution in [0.3, 0.4) is 0 Å². The van der Waals surface area contributed by atoms with E-state index in [1.165, 1.54) is 11.9 Å². The Bertz CT molecular complexity index is 1050. The molecule has 148 valence electrons. The highest BCUT2D eigenvalue weighted by atomic mass is 32.1. The van der Waals surface area contributed by atoms with Gasteiger partial charge in [0.1, 0.15) is 5.69 Å². The first kappa shape index (κ1) is 20.2. The Balaban J connectivity index is 2.26. The molecule has 0 aromatic carbocycles. The molecule has 3 aromatic rings. The normalized spacial score (nSPS) is 12.8. The molecule has 0 unspecified atom stereocenters. The molecule has 3 aromatic heterocycles. The number of aliphatic imine (C=N–C) groups is 2. The molecule has 0 atom stereocenters. The molecule has 0 radical (unpaired) electrons. The van der Waals surface area contributed by atoms with Crippen LogP contribution in [0.1, 0.15) is 60.7 Å². The predicted molar refractivity (Wildman–Crippen MR) is 119 cm³/mol. The van der Waals surface area contributed by atoms with Gasteiger partial charge in [-0.3, -0.25) is 4.99 Å². The lowest BCUT2D eigenvalue weighted by Crippen LogP contribution is -2.05. The molecule has 2 N–H and O–H groups in total. The van der Waals surface area contributed by atoms with Gasteiger partial charge in [0.2, 0.25) is 0 Å². The fourth-order valence-corrected chi connectivity index (χ4v) is 4.91. The molecule has 0 aliphatic heterocycles. The summed E-state index contributed by atoms with van der Waals surface area (Å²) in [6.45, 7) is 10.7. The van der Waals surface area contributed by atoms with Crippen LogP contribution in [0.5, 0.6) is 0 Å². The molecule has 0 aliphatic rings. The lowest BCUT2D eigenvalue weighted by atomic mass is 9.95. The zero-order chi connectivity index (χ0) is 20.4. The van der Waals surface area contributed by atoms with Gasteiger partial charge in [0.25, 0.3) is 0 Å². The molecule has 0 amide bonds. The van der Waals surface area contributed by atoms with E-state index in [0.29, 0.717) is 11.8 Å². The summed E-state index contributed by atoms with van der Waals surface area (Å²) in [5, 5.41) is 6.90. The van der Waals surface area contributed by atoms with Crippen LogP contribution in [0.15, 0.2) is 21.4 Å². The van der Waals surface area contributed by atoms with Crippen LogP contribution < -0.4 is 5.73 Å². The highest BCUT2D eigenvalue weighted by Crippen LogP contribution is 2.37. The van der Waals surface area contributed by atoms with Gasteiger partial charge in [-0.25, -0.2) is 14.5 Å². The van der Waals surface area contributed by atoms with E-state index in [2.05, 4.69) is 56.0 Å². The Morgan fingerprint density at radius 3 is 2.61 bits per heavy atom. The van der Waals surface area contributed by atoms with E-state index in [1.807, 2.05) is 4.52 Å². The van der Waals surface area contributed by atoms with Gasteiger partial charge in [0.15, 0.2) is 11.5 Å². The van der Waals surface area contributed by atoms with Crippen molar-refractivity contribution < 1.29 is 0 Å². The third-order valence-corrected chi connectivity index (χ3v) is 6.33. The number of aryl methyl sites for hydroxylation is 2. The van der Waals surface area contributed by atoms with Crippen LogP contribution in [0.2, 0.25) is 0 Å². The van der Waals surface area contributed by atoms with Crippen molar-refractivity contribution in [3.8, 4) is 10.6 Å². The van der Waals surface area contributed by atoms with Crippen LogP contribution in [-0.4, -0.2) is 33.8 Å². The van der Waals surface area contributed by atoms with Crippen molar-refractivity contribution in [1.82, 2.24) is 14.6 Å². The van der Waals surface area contributed by atoms with Crippen LogP contribution in [0, 0.1) is 20.8 Å². The summed E-state index contributed by atoms with van der Waals surface area (Å²) in [5.74, 6) is 1.12. The third-order valence-electron chi connectivity index (χ3n) is 5.24. The minimum absolute atomic E-state index is 0.483. The molecule has 0 spiro atoms. The Hall–Kier alpha value is -2.54. The summed E-state index contributed by atoms with van der Waals surface area (Å²) in [6, 6.07) is 2.19. The van der Waals surface area contributed by atoms with Crippen molar-refractivity contribution in [2.24, 2.45) is 15.7 Å². The maximum Gasteiger partial charge on any atom is 0.158 e. The van der Waals surface area contributed by atoms with E-state index in [9.17, 15) is 0 Å². The van der Waals surface area contributed by atoms with Crippen LogP contribution in [0.25, 0.3) is 16.2 Å². The molecular weight excluding hydrogens is 368 g/mol. The summed E-state index contributed by atoms with van der Waals surface area (Å²) in [5.41, 5.74) is 12.9. The van der Waals surface area contributed by atoms with E-state index in [0.717, 1.165) is 51.6 Å². The number of nitrogens with two attached hydrogens (primary N) is 1. The van der Waals surface area contributed by atoms with Gasteiger partial charge >= 0.3 is 0 Å². The number of imidazole rings is 1. The van der Waals surface area contributed by atoms with Crippen molar-refractivity contribution in [3.05, 3.63) is 39.5 Å². The van der Waals surface area contributed by atoms with Crippen molar-refractivity contribution in [1.29, 1.82) is 0 Å². The number of hydrogen-bond donors (Lipinski definition) is 1. The number of rotatable bonds is 5. The third kappa shape index (κ3) is 3.35. The number of aromatic nitrogens is 3. The van der Waals surface area contributed by atoms with Crippen LogP contribution in [-0.2, 0) is 0 Å². The van der Waals surface area contributed by atoms with Gasteiger partial charge in [0.05, 0.1) is 22.6 Å². The maximum atomic E-state index is 5.49. The Morgan fingerprint density at radius 2 is 2.00 bits per heavy atom. The van der Waals surface area contributed by atoms with Gasteiger partial charge in [-0.05, 0) is 51.2 Å². The second kappa shape index (κ2) is 8.22. The second-order valence-corrected chi connectivity index (χ2v) is 7.84. The predicted octanol–water partition coefficient (Wildman–Crippen LogP) is 4.65. The summed E-state index contributed by atoms with van der Waals surface area (Å²) in [4.78, 5) is 14.5. The zero-order valence-electron chi connectivity index (χ0n) is 17.4. The molecule has 6 nitrogen and oxygen atoms in total. The van der Waals surface area contributed by atoms with Gasteiger partial charge in [-0.1, -0.05) is 13.8 Å². The van der Waals surface area contributed by atoms with Gasteiger partial charge in [0, 0.05) is 23.6 Å². The van der Waals surface area contributed by atoms with Crippen molar-refractivity contribution >= 4 is 29.2 Å². The number of amidine groups is 1. The maximum absolute atomic E-state index is 5.49.